The molecule has 1 aromatic carbocycles. The molecule has 1 aromatic heterocycles. The van der Waals surface area contributed by atoms with E-state index in [1.165, 1.54) is 6.07 Å². The van der Waals surface area contributed by atoms with Crippen molar-refractivity contribution in [3.8, 4) is 0 Å². The largest absolute Gasteiger partial charge is 0.340 e. The van der Waals surface area contributed by atoms with E-state index >= 15 is 0 Å². The number of halogens is 1. The maximum Gasteiger partial charge on any atom is 0.223 e. The van der Waals surface area contributed by atoms with Gasteiger partial charge in [-0.05, 0) is 30.7 Å². The summed E-state index contributed by atoms with van der Waals surface area (Å²) < 4.78 is 17.7. The molecule has 90 valence electrons. The third-order valence-electron chi connectivity index (χ3n) is 2.33. The van der Waals surface area contributed by atoms with Gasteiger partial charge < -0.3 is 9.84 Å². The summed E-state index contributed by atoms with van der Waals surface area (Å²) in [4.78, 5) is 4.07. The third-order valence-corrected chi connectivity index (χ3v) is 2.33. The van der Waals surface area contributed by atoms with Gasteiger partial charge in [-0.3, -0.25) is 0 Å². The highest BCUT2D eigenvalue weighted by Gasteiger charge is 2.01. The van der Waals surface area contributed by atoms with Gasteiger partial charge in [0.1, 0.15) is 5.82 Å². The fourth-order valence-corrected chi connectivity index (χ4v) is 1.54. The number of nitrogens with zero attached hydrogens (tertiary/aromatic N) is 2. The van der Waals surface area contributed by atoms with Crippen molar-refractivity contribution in [3.63, 3.8) is 0 Å². The van der Waals surface area contributed by atoms with E-state index in [-0.39, 0.29) is 5.82 Å². The monoisotopic (exact) mass is 235 g/mol. The van der Waals surface area contributed by atoms with Crippen molar-refractivity contribution in [2.45, 2.75) is 19.9 Å². The quantitative estimate of drug-likeness (QED) is 0.803. The molecule has 0 saturated heterocycles. The minimum absolute atomic E-state index is 0.198. The van der Waals surface area contributed by atoms with Gasteiger partial charge in [0.05, 0.1) is 6.54 Å². The Hall–Kier alpha value is -1.75. The molecule has 4 nitrogen and oxygen atoms in total. The van der Waals surface area contributed by atoms with Gasteiger partial charge in [0.2, 0.25) is 5.89 Å². The summed E-state index contributed by atoms with van der Waals surface area (Å²) in [7, 11) is 0. The summed E-state index contributed by atoms with van der Waals surface area (Å²) in [5.41, 5.74) is 0.974. The molecular formula is C12H14FN3O. The molecule has 2 rings (SSSR count). The van der Waals surface area contributed by atoms with Crippen LogP contribution in [-0.2, 0) is 13.0 Å². The van der Waals surface area contributed by atoms with Gasteiger partial charge in [-0.15, -0.1) is 0 Å². The lowest BCUT2D eigenvalue weighted by molar-refractivity contribution is 0.385. The zero-order valence-corrected chi connectivity index (χ0v) is 9.61. The van der Waals surface area contributed by atoms with E-state index in [4.69, 9.17) is 4.52 Å². The predicted octanol–water partition coefficient (Wildman–Crippen LogP) is 1.85. The van der Waals surface area contributed by atoms with E-state index in [1.807, 2.05) is 6.07 Å². The molecule has 0 radical (unpaired) electrons. The second kappa shape index (κ2) is 5.54. The molecule has 0 fully saturated rings. The zero-order valence-electron chi connectivity index (χ0n) is 9.61. The van der Waals surface area contributed by atoms with Crippen LogP contribution in [0.3, 0.4) is 0 Å². The molecule has 0 saturated carbocycles. The first kappa shape index (κ1) is 11.7. The summed E-state index contributed by atoms with van der Waals surface area (Å²) in [6.07, 6.45) is 0.772. The molecule has 17 heavy (non-hydrogen) atoms. The lowest BCUT2D eigenvalue weighted by atomic mass is 10.1. The van der Waals surface area contributed by atoms with E-state index in [0.29, 0.717) is 18.3 Å². The van der Waals surface area contributed by atoms with Crippen LogP contribution in [0.4, 0.5) is 4.39 Å². The molecule has 0 aliphatic rings. The van der Waals surface area contributed by atoms with Gasteiger partial charge in [-0.1, -0.05) is 17.3 Å². The number of benzene rings is 1. The van der Waals surface area contributed by atoms with E-state index in [1.54, 1.807) is 19.1 Å². The normalized spacial score (nSPS) is 10.7. The Morgan fingerprint density at radius 3 is 3.00 bits per heavy atom. The van der Waals surface area contributed by atoms with E-state index in [0.717, 1.165) is 18.5 Å². The fourth-order valence-electron chi connectivity index (χ4n) is 1.54. The molecule has 5 heteroatoms. The average molecular weight is 235 g/mol. The standard InChI is InChI=1S/C12H14FN3O/c1-9-15-12(16-17-9)8-14-6-5-10-3-2-4-11(13)7-10/h2-4,7,14H,5-6,8H2,1H3. The highest BCUT2D eigenvalue weighted by Crippen LogP contribution is 2.03. The Balaban J connectivity index is 1.73. The Bertz CT molecular complexity index is 484. The summed E-state index contributed by atoms with van der Waals surface area (Å²) in [5.74, 6) is 1.00. The van der Waals surface area contributed by atoms with Gasteiger partial charge in [0.15, 0.2) is 5.82 Å². The van der Waals surface area contributed by atoms with Crippen molar-refractivity contribution in [2.75, 3.05) is 6.54 Å². The Labute approximate surface area is 98.8 Å². The summed E-state index contributed by atoms with van der Waals surface area (Å²) >= 11 is 0. The van der Waals surface area contributed by atoms with Crippen molar-refractivity contribution < 1.29 is 8.91 Å². The first-order chi connectivity index (χ1) is 8.24. The molecular weight excluding hydrogens is 221 g/mol. The fraction of sp³-hybridized carbons (Fsp3) is 0.333. The average Bonchev–Trinajstić information content (AvgIpc) is 2.71. The van der Waals surface area contributed by atoms with Crippen LogP contribution in [0.15, 0.2) is 28.8 Å². The van der Waals surface area contributed by atoms with Gasteiger partial charge in [0.25, 0.3) is 0 Å². The summed E-state index contributed by atoms with van der Waals surface area (Å²) in [6.45, 7) is 3.06. The maximum absolute atomic E-state index is 12.9. The molecule has 0 atom stereocenters. The third kappa shape index (κ3) is 3.64. The highest BCUT2D eigenvalue weighted by atomic mass is 19.1. The van der Waals surface area contributed by atoms with Crippen LogP contribution in [0.25, 0.3) is 0 Å². The van der Waals surface area contributed by atoms with Gasteiger partial charge in [-0.2, -0.15) is 4.98 Å². The second-order valence-corrected chi connectivity index (χ2v) is 3.79. The van der Waals surface area contributed by atoms with Crippen LogP contribution in [-0.4, -0.2) is 16.7 Å². The number of hydrogen-bond acceptors (Lipinski definition) is 4. The molecule has 0 unspecified atom stereocenters. The van der Waals surface area contributed by atoms with E-state index in [9.17, 15) is 4.39 Å². The highest BCUT2D eigenvalue weighted by molar-refractivity contribution is 5.16. The zero-order chi connectivity index (χ0) is 12.1. The number of aryl methyl sites for hydroxylation is 1. The lowest BCUT2D eigenvalue weighted by Gasteiger charge is -2.02. The first-order valence-electron chi connectivity index (χ1n) is 5.48. The number of hydrogen-bond donors (Lipinski definition) is 1. The Morgan fingerprint density at radius 2 is 2.29 bits per heavy atom. The van der Waals surface area contributed by atoms with Gasteiger partial charge >= 0.3 is 0 Å². The predicted molar refractivity (Wildman–Crippen MR) is 60.8 cm³/mol. The van der Waals surface area contributed by atoms with Crippen LogP contribution in [0, 0.1) is 12.7 Å². The Morgan fingerprint density at radius 1 is 1.41 bits per heavy atom. The SMILES string of the molecule is Cc1nc(CNCCc2cccc(F)c2)no1. The summed E-state index contributed by atoms with van der Waals surface area (Å²) in [5, 5.41) is 6.94. The maximum atomic E-state index is 12.9. The number of nitrogens with one attached hydrogen (secondary N) is 1. The van der Waals surface area contributed by atoms with Crippen molar-refractivity contribution in [1.82, 2.24) is 15.5 Å². The molecule has 0 aliphatic carbocycles. The van der Waals surface area contributed by atoms with Crippen LogP contribution in [0.2, 0.25) is 0 Å². The molecule has 2 aromatic rings. The van der Waals surface area contributed by atoms with Crippen LogP contribution < -0.4 is 5.32 Å². The molecule has 1 heterocycles. The van der Waals surface area contributed by atoms with Crippen molar-refractivity contribution in [1.29, 1.82) is 0 Å². The van der Waals surface area contributed by atoms with Crippen molar-refractivity contribution in [2.24, 2.45) is 0 Å². The van der Waals surface area contributed by atoms with Crippen molar-refractivity contribution in [3.05, 3.63) is 47.4 Å². The van der Waals surface area contributed by atoms with Gasteiger partial charge in [0, 0.05) is 6.92 Å². The molecule has 0 spiro atoms. The Kier molecular flexibility index (Phi) is 3.82. The smallest absolute Gasteiger partial charge is 0.223 e. The van der Waals surface area contributed by atoms with Crippen LogP contribution >= 0.6 is 0 Å². The lowest BCUT2D eigenvalue weighted by Crippen LogP contribution is -2.17. The van der Waals surface area contributed by atoms with Gasteiger partial charge in [-0.25, -0.2) is 4.39 Å². The molecule has 0 bridgehead atoms. The summed E-state index contributed by atoms with van der Waals surface area (Å²) in [6, 6.07) is 6.61. The molecule has 0 amide bonds. The van der Waals surface area contributed by atoms with Crippen LogP contribution in [0.1, 0.15) is 17.3 Å². The number of rotatable bonds is 5. The molecule has 1 N–H and O–H groups in total. The minimum atomic E-state index is -0.198. The molecule has 0 aliphatic heterocycles. The topological polar surface area (TPSA) is 51.0 Å². The van der Waals surface area contributed by atoms with E-state index < -0.39 is 0 Å². The van der Waals surface area contributed by atoms with E-state index in [2.05, 4.69) is 15.5 Å². The second-order valence-electron chi connectivity index (χ2n) is 3.79. The van der Waals surface area contributed by atoms with Crippen molar-refractivity contribution >= 4 is 0 Å². The first-order valence-corrected chi connectivity index (χ1v) is 5.48. The minimum Gasteiger partial charge on any atom is -0.340 e. The van der Waals surface area contributed by atoms with Crippen LogP contribution in [0.5, 0.6) is 0 Å². The number of aromatic nitrogens is 2.